The second kappa shape index (κ2) is 8.26. The Kier molecular flexibility index (Phi) is 5.66. The van der Waals surface area contributed by atoms with E-state index in [4.69, 9.17) is 4.74 Å². The van der Waals surface area contributed by atoms with Crippen molar-refractivity contribution in [2.75, 3.05) is 5.32 Å². The van der Waals surface area contributed by atoms with Gasteiger partial charge in [0.2, 0.25) is 5.91 Å². The van der Waals surface area contributed by atoms with E-state index in [1.807, 2.05) is 12.2 Å². The zero-order valence-electron chi connectivity index (χ0n) is 17.0. The second-order valence-electron chi connectivity index (χ2n) is 8.14. The standard InChI is InChI=1S/C23H22FNO5S/c1-11(2)30-23(29)19-16(12-5-7-15(24)8-6-12)10-31-21(19)25-20(26)17-13-3-4-14(9-13)18(17)22(27)28/h3-8,10-11,13-14,17-18H,9H2,1-2H3,(H,25,26)(H,27,28)/t13-,14-,17+,18-/m0/s1. The molecule has 2 N–H and O–H groups in total. The molecule has 0 saturated heterocycles. The number of hydrogen-bond donors (Lipinski definition) is 2. The fourth-order valence-electron chi connectivity index (χ4n) is 4.48. The molecule has 162 valence electrons. The van der Waals surface area contributed by atoms with E-state index in [0.717, 1.165) is 11.3 Å². The van der Waals surface area contributed by atoms with E-state index in [1.54, 1.807) is 31.4 Å². The van der Waals surface area contributed by atoms with Crippen LogP contribution < -0.4 is 5.32 Å². The minimum absolute atomic E-state index is 0.131. The fourth-order valence-corrected chi connectivity index (χ4v) is 5.44. The monoisotopic (exact) mass is 443 g/mol. The van der Waals surface area contributed by atoms with E-state index in [1.165, 1.54) is 12.1 Å². The van der Waals surface area contributed by atoms with Crippen molar-refractivity contribution in [1.29, 1.82) is 0 Å². The number of rotatable bonds is 6. The third-order valence-electron chi connectivity index (χ3n) is 5.78. The van der Waals surface area contributed by atoms with Crippen LogP contribution in [0.1, 0.15) is 30.6 Å². The zero-order chi connectivity index (χ0) is 22.3. The summed E-state index contributed by atoms with van der Waals surface area (Å²) in [5, 5.41) is 14.4. The van der Waals surface area contributed by atoms with Crippen LogP contribution >= 0.6 is 11.3 Å². The Labute approximate surface area is 182 Å². The molecular weight excluding hydrogens is 421 g/mol. The van der Waals surface area contributed by atoms with E-state index in [0.29, 0.717) is 22.5 Å². The number of thiophene rings is 1. The predicted molar refractivity (Wildman–Crippen MR) is 114 cm³/mol. The molecule has 2 aliphatic carbocycles. The topological polar surface area (TPSA) is 92.7 Å². The molecule has 2 aromatic rings. The number of esters is 1. The third kappa shape index (κ3) is 3.99. The quantitative estimate of drug-likeness (QED) is 0.504. The first-order valence-electron chi connectivity index (χ1n) is 10.1. The number of carboxylic acid groups (broad SMARTS) is 1. The fraction of sp³-hybridized carbons (Fsp3) is 0.348. The van der Waals surface area contributed by atoms with Crippen molar-refractivity contribution in [1.82, 2.24) is 0 Å². The Hall–Kier alpha value is -3.00. The molecule has 8 heteroatoms. The van der Waals surface area contributed by atoms with Crippen molar-refractivity contribution < 1.29 is 28.6 Å². The molecule has 1 amide bonds. The number of allylic oxidation sites excluding steroid dienone is 2. The molecular formula is C23H22FNO5S. The first-order chi connectivity index (χ1) is 14.8. The first kappa shape index (κ1) is 21.2. The number of carboxylic acids is 1. The van der Waals surface area contributed by atoms with Gasteiger partial charge < -0.3 is 15.2 Å². The molecule has 0 aliphatic heterocycles. The lowest BCUT2D eigenvalue weighted by atomic mass is 9.82. The highest BCUT2D eigenvalue weighted by Crippen LogP contribution is 2.49. The van der Waals surface area contributed by atoms with Gasteiger partial charge in [0.1, 0.15) is 16.4 Å². The van der Waals surface area contributed by atoms with Crippen LogP contribution in [-0.2, 0) is 14.3 Å². The van der Waals surface area contributed by atoms with Crippen LogP contribution in [0.3, 0.4) is 0 Å². The van der Waals surface area contributed by atoms with Gasteiger partial charge in [0.25, 0.3) is 0 Å². The number of carbonyl (C=O) groups excluding carboxylic acids is 2. The minimum atomic E-state index is -0.991. The number of carbonyl (C=O) groups is 3. The second-order valence-corrected chi connectivity index (χ2v) is 9.02. The predicted octanol–water partition coefficient (Wildman–Crippen LogP) is 4.58. The van der Waals surface area contributed by atoms with Gasteiger partial charge in [0.15, 0.2) is 0 Å². The lowest BCUT2D eigenvalue weighted by molar-refractivity contribution is -0.146. The number of benzene rings is 1. The van der Waals surface area contributed by atoms with Crippen molar-refractivity contribution >= 4 is 34.2 Å². The van der Waals surface area contributed by atoms with Crippen LogP contribution in [0.4, 0.5) is 9.39 Å². The molecule has 4 atom stereocenters. The summed E-state index contributed by atoms with van der Waals surface area (Å²) in [6.45, 7) is 3.44. The molecule has 0 unspecified atom stereocenters. The largest absolute Gasteiger partial charge is 0.481 e. The van der Waals surface area contributed by atoms with Crippen LogP contribution in [0, 0.1) is 29.5 Å². The summed E-state index contributed by atoms with van der Waals surface area (Å²) in [4.78, 5) is 37.7. The molecule has 4 rings (SSSR count). The van der Waals surface area contributed by atoms with Crippen molar-refractivity contribution in [3.05, 3.63) is 53.2 Å². The van der Waals surface area contributed by atoms with Gasteiger partial charge in [-0.3, -0.25) is 9.59 Å². The molecule has 1 aromatic carbocycles. The van der Waals surface area contributed by atoms with E-state index >= 15 is 0 Å². The van der Waals surface area contributed by atoms with E-state index in [2.05, 4.69) is 5.32 Å². The summed E-state index contributed by atoms with van der Waals surface area (Å²) in [5.74, 6) is -4.17. The number of amides is 1. The molecule has 31 heavy (non-hydrogen) atoms. The van der Waals surface area contributed by atoms with Gasteiger partial charge in [-0.05, 0) is 49.8 Å². The van der Waals surface area contributed by atoms with Gasteiger partial charge in [-0.25, -0.2) is 9.18 Å². The van der Waals surface area contributed by atoms with Crippen molar-refractivity contribution in [2.45, 2.75) is 26.4 Å². The number of halogens is 1. The maximum absolute atomic E-state index is 13.4. The Bertz CT molecular complexity index is 1060. The summed E-state index contributed by atoms with van der Waals surface area (Å²) < 4.78 is 18.7. The molecule has 0 spiro atoms. The van der Waals surface area contributed by atoms with Gasteiger partial charge in [-0.15, -0.1) is 11.3 Å². The normalized spacial score (nSPS) is 23.9. The maximum atomic E-state index is 13.4. The number of aliphatic carboxylic acids is 1. The smallest absolute Gasteiger partial charge is 0.342 e. The number of anilines is 1. The molecule has 1 aromatic heterocycles. The molecule has 2 aliphatic rings. The average Bonchev–Trinajstić information content (AvgIpc) is 3.42. The maximum Gasteiger partial charge on any atom is 0.342 e. The Morgan fingerprint density at radius 1 is 1.13 bits per heavy atom. The number of ether oxygens (including phenoxy) is 1. The Morgan fingerprint density at radius 2 is 1.77 bits per heavy atom. The van der Waals surface area contributed by atoms with Crippen LogP contribution in [0.5, 0.6) is 0 Å². The van der Waals surface area contributed by atoms with Crippen molar-refractivity contribution in [3.8, 4) is 11.1 Å². The number of fused-ring (bicyclic) bond motifs is 2. The van der Waals surface area contributed by atoms with Crippen molar-refractivity contribution in [3.63, 3.8) is 0 Å². The zero-order valence-corrected chi connectivity index (χ0v) is 17.8. The highest BCUT2D eigenvalue weighted by molar-refractivity contribution is 7.15. The molecule has 1 heterocycles. The molecule has 1 fully saturated rings. The highest BCUT2D eigenvalue weighted by Gasteiger charge is 2.51. The van der Waals surface area contributed by atoms with Crippen LogP contribution in [-0.4, -0.2) is 29.1 Å². The van der Waals surface area contributed by atoms with E-state index < -0.39 is 35.5 Å². The van der Waals surface area contributed by atoms with Crippen LogP contribution in [0.25, 0.3) is 11.1 Å². The van der Waals surface area contributed by atoms with Gasteiger partial charge in [-0.1, -0.05) is 24.3 Å². The Balaban J connectivity index is 1.67. The minimum Gasteiger partial charge on any atom is -0.481 e. The van der Waals surface area contributed by atoms with Gasteiger partial charge in [0, 0.05) is 10.9 Å². The van der Waals surface area contributed by atoms with Crippen LogP contribution in [0.2, 0.25) is 0 Å². The van der Waals surface area contributed by atoms with Gasteiger partial charge in [0.05, 0.1) is 17.9 Å². The summed E-state index contributed by atoms with van der Waals surface area (Å²) in [7, 11) is 0. The van der Waals surface area contributed by atoms with Crippen molar-refractivity contribution in [2.24, 2.45) is 23.7 Å². The number of nitrogens with one attached hydrogen (secondary N) is 1. The van der Waals surface area contributed by atoms with E-state index in [9.17, 15) is 23.9 Å². The van der Waals surface area contributed by atoms with Gasteiger partial charge >= 0.3 is 11.9 Å². The first-order valence-corrected chi connectivity index (χ1v) is 10.9. The highest BCUT2D eigenvalue weighted by atomic mass is 32.1. The van der Waals surface area contributed by atoms with E-state index in [-0.39, 0.29) is 23.5 Å². The lowest BCUT2D eigenvalue weighted by Crippen LogP contribution is -2.36. The summed E-state index contributed by atoms with van der Waals surface area (Å²) in [6.07, 6.45) is 4.05. The molecule has 6 nitrogen and oxygen atoms in total. The molecule has 2 bridgehead atoms. The number of hydrogen-bond acceptors (Lipinski definition) is 5. The van der Waals surface area contributed by atoms with Gasteiger partial charge in [-0.2, -0.15) is 0 Å². The third-order valence-corrected chi connectivity index (χ3v) is 6.67. The average molecular weight is 443 g/mol. The lowest BCUT2D eigenvalue weighted by Gasteiger charge is -2.23. The SMILES string of the molecule is CC(C)OC(=O)c1c(-c2ccc(F)cc2)csc1NC(=O)[C@H]1[C@@H](C(=O)O)[C@H]2C=C[C@H]1C2. The van der Waals surface area contributed by atoms with Crippen LogP contribution in [0.15, 0.2) is 41.8 Å². The summed E-state index contributed by atoms with van der Waals surface area (Å²) in [6, 6.07) is 5.69. The Morgan fingerprint density at radius 3 is 2.39 bits per heavy atom. The summed E-state index contributed by atoms with van der Waals surface area (Å²) in [5.41, 5.74) is 1.32. The molecule has 0 radical (unpaired) electrons. The molecule has 1 saturated carbocycles. The summed E-state index contributed by atoms with van der Waals surface area (Å²) >= 11 is 1.16.